The highest BCUT2D eigenvalue weighted by Gasteiger charge is 2.58. The van der Waals surface area contributed by atoms with Gasteiger partial charge in [-0.05, 0) is 86.9 Å². The molecule has 0 bridgehead atoms. The van der Waals surface area contributed by atoms with Crippen LogP contribution in [0, 0.1) is 13.8 Å². The number of aromatic nitrogens is 2. The minimum absolute atomic E-state index is 0.0403. The Kier molecular flexibility index (Phi) is 7.31. The second-order valence-electron chi connectivity index (χ2n) is 10.8. The minimum Gasteiger partial charge on any atom is -0.455 e. The van der Waals surface area contributed by atoms with Crippen molar-refractivity contribution in [3.63, 3.8) is 0 Å². The Bertz CT molecular complexity index is 1810. The number of carbonyl (C=O) groups excluding carboxylic acids is 2. The van der Waals surface area contributed by atoms with Crippen LogP contribution in [0.2, 0.25) is 0 Å². The van der Waals surface area contributed by atoms with Gasteiger partial charge in [-0.25, -0.2) is 4.98 Å². The number of carbonyl (C=O) groups is 2. The normalized spacial score (nSPS) is 18.9. The molecule has 0 spiro atoms. The molecule has 6 rings (SSSR count). The molecule has 2 aromatic carbocycles. The van der Waals surface area contributed by atoms with Crippen LogP contribution < -0.4 is 15.0 Å². The van der Waals surface area contributed by atoms with Crippen LogP contribution in [0.15, 0.2) is 94.2 Å². The van der Waals surface area contributed by atoms with Crippen LogP contribution >= 0.6 is 0 Å². The van der Waals surface area contributed by atoms with E-state index in [9.17, 15) is 9.59 Å². The van der Waals surface area contributed by atoms with Crippen molar-refractivity contribution >= 4 is 46.7 Å². The van der Waals surface area contributed by atoms with E-state index in [0.29, 0.717) is 41.5 Å². The molecule has 1 fully saturated rings. The summed E-state index contributed by atoms with van der Waals surface area (Å²) in [7, 11) is 0. The number of aliphatic imine (C=N–C) groups is 2. The van der Waals surface area contributed by atoms with Gasteiger partial charge in [-0.1, -0.05) is 18.2 Å². The molecule has 1 aliphatic heterocycles. The molecule has 1 saturated carbocycles. The summed E-state index contributed by atoms with van der Waals surface area (Å²) in [6, 6.07) is 18.5. The van der Waals surface area contributed by atoms with Crippen molar-refractivity contribution in [3.8, 4) is 11.5 Å². The van der Waals surface area contributed by atoms with Gasteiger partial charge in [-0.2, -0.15) is 0 Å². The highest BCUT2D eigenvalue weighted by molar-refractivity contribution is 6.27. The zero-order valence-electron chi connectivity index (χ0n) is 24.5. The molecule has 4 aromatic rings. The topological polar surface area (TPSA) is 109 Å². The zero-order chi connectivity index (χ0) is 30.1. The van der Waals surface area contributed by atoms with Crippen LogP contribution in [0.1, 0.15) is 31.4 Å². The van der Waals surface area contributed by atoms with Crippen LogP contribution in [0.3, 0.4) is 0 Å². The standard InChI is InChI=1S/C34H32N6O3/c1-5-40(24-9-7-6-8-10-24)33(42)31(23(4)34-19-29(34)36-15-16-38-34)32(41)39-30-12-11-25(20-37-30)43-28-13-14-35-27-18-22(3)21(2)17-26(27)28/h6-18,20,29H,5,19H2,1-4H3,(H,37,39,41)/b31-23+. The van der Waals surface area contributed by atoms with Gasteiger partial charge in [-0.15, -0.1) is 0 Å². The van der Waals surface area contributed by atoms with Crippen molar-refractivity contribution in [2.45, 2.75) is 45.7 Å². The van der Waals surface area contributed by atoms with E-state index < -0.39 is 17.4 Å². The Balaban J connectivity index is 1.27. The summed E-state index contributed by atoms with van der Waals surface area (Å²) in [6.07, 6.45) is 7.20. The van der Waals surface area contributed by atoms with E-state index >= 15 is 0 Å². The molecule has 9 heteroatoms. The largest absolute Gasteiger partial charge is 0.455 e. The van der Waals surface area contributed by atoms with Gasteiger partial charge in [0.2, 0.25) is 0 Å². The third-order valence-electron chi connectivity index (χ3n) is 8.15. The van der Waals surface area contributed by atoms with E-state index in [1.54, 1.807) is 48.8 Å². The first-order valence-electron chi connectivity index (χ1n) is 14.3. The number of hydrogen-bond donors (Lipinski definition) is 1. The SMILES string of the molecule is CCN(C(=O)/C(C(=O)Nc1ccc(Oc2ccnc3cc(C)c(C)cc23)cn1)=C(\C)C12CC1N=CC=N2)c1ccccc1. The second-order valence-corrected chi connectivity index (χ2v) is 10.8. The average Bonchev–Trinajstić information content (AvgIpc) is 3.77. The van der Waals surface area contributed by atoms with Crippen LogP contribution in [0.4, 0.5) is 11.5 Å². The minimum atomic E-state index is -0.678. The smallest absolute Gasteiger partial charge is 0.263 e. The van der Waals surface area contributed by atoms with Crippen molar-refractivity contribution in [1.29, 1.82) is 0 Å². The van der Waals surface area contributed by atoms with E-state index in [-0.39, 0.29) is 11.6 Å². The summed E-state index contributed by atoms with van der Waals surface area (Å²) in [5.41, 5.74) is 3.81. The lowest BCUT2D eigenvalue weighted by Crippen LogP contribution is -2.38. The van der Waals surface area contributed by atoms with Gasteiger partial charge in [0.1, 0.15) is 28.4 Å². The molecule has 1 N–H and O–H groups in total. The molecule has 216 valence electrons. The summed E-state index contributed by atoms with van der Waals surface area (Å²) in [6.45, 7) is 8.17. The second kappa shape index (κ2) is 11.2. The van der Waals surface area contributed by atoms with Crippen LogP contribution in [-0.4, -0.2) is 52.3 Å². The fourth-order valence-corrected chi connectivity index (χ4v) is 5.48. The van der Waals surface area contributed by atoms with Gasteiger partial charge in [0.05, 0.1) is 17.8 Å². The summed E-state index contributed by atoms with van der Waals surface area (Å²) < 4.78 is 6.15. The molecule has 2 aromatic heterocycles. The molecule has 2 unspecified atom stereocenters. The number of hydrogen-bond acceptors (Lipinski definition) is 7. The third-order valence-corrected chi connectivity index (χ3v) is 8.15. The maximum absolute atomic E-state index is 14.0. The number of likely N-dealkylation sites (N-methyl/N-ethyl adjacent to an activating group) is 1. The molecule has 9 nitrogen and oxygen atoms in total. The molecule has 0 radical (unpaired) electrons. The van der Waals surface area contributed by atoms with Gasteiger partial charge in [0.15, 0.2) is 0 Å². The molecule has 2 amide bonds. The van der Waals surface area contributed by atoms with E-state index in [4.69, 9.17) is 4.74 Å². The van der Waals surface area contributed by atoms with E-state index in [1.165, 1.54) is 0 Å². The van der Waals surface area contributed by atoms with Gasteiger partial charge in [0.25, 0.3) is 11.8 Å². The average molecular weight is 573 g/mol. The number of fused-ring (bicyclic) bond motifs is 2. The van der Waals surface area contributed by atoms with Crippen molar-refractivity contribution in [2.24, 2.45) is 9.98 Å². The zero-order valence-corrected chi connectivity index (χ0v) is 24.5. The van der Waals surface area contributed by atoms with Crippen LogP contribution in [-0.2, 0) is 9.59 Å². The first kappa shape index (κ1) is 28.0. The molecule has 1 aliphatic carbocycles. The van der Waals surface area contributed by atoms with Gasteiger partial charge in [-0.3, -0.25) is 24.6 Å². The predicted molar refractivity (Wildman–Crippen MR) is 169 cm³/mol. The van der Waals surface area contributed by atoms with Crippen molar-refractivity contribution in [3.05, 3.63) is 95.3 Å². The van der Waals surface area contributed by atoms with Gasteiger partial charge in [0, 0.05) is 42.7 Å². The first-order chi connectivity index (χ1) is 20.8. The summed E-state index contributed by atoms with van der Waals surface area (Å²) in [5.74, 6) is 0.506. The number of anilines is 2. The number of rotatable bonds is 8. The number of nitrogens with one attached hydrogen (secondary N) is 1. The number of amides is 2. The van der Waals surface area contributed by atoms with Crippen molar-refractivity contribution in [1.82, 2.24) is 9.97 Å². The van der Waals surface area contributed by atoms with Crippen molar-refractivity contribution in [2.75, 3.05) is 16.8 Å². The molecular formula is C34H32N6O3. The molecule has 43 heavy (non-hydrogen) atoms. The maximum Gasteiger partial charge on any atom is 0.263 e. The number of nitrogens with zero attached hydrogens (tertiary/aromatic N) is 5. The first-order valence-corrected chi connectivity index (χ1v) is 14.3. The number of benzene rings is 2. The Labute approximate surface area is 250 Å². The number of pyridine rings is 2. The monoisotopic (exact) mass is 572 g/mol. The predicted octanol–water partition coefficient (Wildman–Crippen LogP) is 6.01. The summed E-state index contributed by atoms with van der Waals surface area (Å²) in [5, 5.41) is 3.73. The maximum atomic E-state index is 14.0. The van der Waals surface area contributed by atoms with Crippen LogP contribution in [0.25, 0.3) is 10.9 Å². The van der Waals surface area contributed by atoms with E-state index in [1.807, 2.05) is 49.4 Å². The lowest BCUT2D eigenvalue weighted by Gasteiger charge is -2.25. The van der Waals surface area contributed by atoms with Crippen molar-refractivity contribution < 1.29 is 14.3 Å². The fraction of sp³-hybridized carbons (Fsp3) is 0.235. The summed E-state index contributed by atoms with van der Waals surface area (Å²) >= 11 is 0. The third kappa shape index (κ3) is 5.30. The Morgan fingerprint density at radius 2 is 1.81 bits per heavy atom. The molecular weight excluding hydrogens is 540 g/mol. The van der Waals surface area contributed by atoms with Gasteiger partial charge < -0.3 is 15.0 Å². The van der Waals surface area contributed by atoms with Crippen LogP contribution in [0.5, 0.6) is 11.5 Å². The highest BCUT2D eigenvalue weighted by atomic mass is 16.5. The quantitative estimate of drug-likeness (QED) is 0.158. The highest BCUT2D eigenvalue weighted by Crippen LogP contribution is 2.50. The fourth-order valence-electron chi connectivity index (χ4n) is 5.48. The van der Waals surface area contributed by atoms with Gasteiger partial charge >= 0.3 is 0 Å². The number of ether oxygens (including phenoxy) is 1. The van der Waals surface area contributed by atoms with E-state index in [0.717, 1.165) is 22.0 Å². The molecule has 2 atom stereocenters. The number of para-hydroxylation sites is 1. The Morgan fingerprint density at radius 1 is 1.02 bits per heavy atom. The molecule has 3 heterocycles. The van der Waals surface area contributed by atoms with E-state index in [2.05, 4.69) is 45.2 Å². The Hall–Kier alpha value is -5.18. The number of aryl methyl sites for hydroxylation is 2. The lowest BCUT2D eigenvalue weighted by atomic mass is 9.97. The Morgan fingerprint density at radius 3 is 2.53 bits per heavy atom. The lowest BCUT2D eigenvalue weighted by molar-refractivity contribution is -0.120. The summed E-state index contributed by atoms with van der Waals surface area (Å²) in [4.78, 5) is 47.5. The molecule has 2 aliphatic rings. The molecule has 0 saturated heterocycles.